The third-order valence-corrected chi connectivity index (χ3v) is 2.87. The third kappa shape index (κ3) is 6.43. The number of aliphatic hydroxyl groups is 1. The van der Waals surface area contributed by atoms with Crippen LogP contribution in [0.1, 0.15) is 19.8 Å². The van der Waals surface area contributed by atoms with Crippen molar-refractivity contribution in [2.24, 2.45) is 5.92 Å². The van der Waals surface area contributed by atoms with Crippen LogP contribution in [0.5, 0.6) is 0 Å². The van der Waals surface area contributed by atoms with Gasteiger partial charge in [0.1, 0.15) is 0 Å². The van der Waals surface area contributed by atoms with E-state index in [-0.39, 0.29) is 6.10 Å². The maximum atomic E-state index is 9.78. The summed E-state index contributed by atoms with van der Waals surface area (Å²) in [5.41, 5.74) is 0. The van der Waals surface area contributed by atoms with Gasteiger partial charge in [0.05, 0.1) is 25.9 Å². The molecular formula is C12H25NO3. The summed E-state index contributed by atoms with van der Waals surface area (Å²) in [6.45, 7) is 6.55. The van der Waals surface area contributed by atoms with Crippen LogP contribution in [-0.4, -0.2) is 62.7 Å². The number of aliphatic hydroxyl groups excluding tert-OH is 1. The van der Waals surface area contributed by atoms with Gasteiger partial charge in [-0.25, -0.2) is 0 Å². The Balaban J connectivity index is 2.02. The Hall–Kier alpha value is -0.160. The molecule has 1 aliphatic rings. The van der Waals surface area contributed by atoms with E-state index in [1.165, 1.54) is 12.8 Å². The van der Waals surface area contributed by atoms with Crippen molar-refractivity contribution in [2.75, 3.05) is 46.6 Å². The molecule has 1 saturated carbocycles. The van der Waals surface area contributed by atoms with Crippen molar-refractivity contribution >= 4 is 0 Å². The molecule has 1 atom stereocenters. The molecular weight excluding hydrogens is 206 g/mol. The SMILES string of the molecule is CCN(CC(O)COCCOC)CC1CC1. The number of hydrogen-bond acceptors (Lipinski definition) is 4. The van der Waals surface area contributed by atoms with Crippen molar-refractivity contribution in [2.45, 2.75) is 25.9 Å². The smallest absolute Gasteiger partial charge is 0.0900 e. The minimum Gasteiger partial charge on any atom is -0.389 e. The lowest BCUT2D eigenvalue weighted by Gasteiger charge is -2.23. The fraction of sp³-hybridized carbons (Fsp3) is 1.00. The molecule has 4 nitrogen and oxygen atoms in total. The average Bonchev–Trinajstić information content (AvgIpc) is 3.07. The van der Waals surface area contributed by atoms with Crippen molar-refractivity contribution in [3.05, 3.63) is 0 Å². The zero-order valence-corrected chi connectivity index (χ0v) is 10.5. The van der Waals surface area contributed by atoms with E-state index in [4.69, 9.17) is 9.47 Å². The summed E-state index contributed by atoms with van der Waals surface area (Å²) in [6, 6.07) is 0. The lowest BCUT2D eigenvalue weighted by molar-refractivity contribution is -0.000430. The maximum absolute atomic E-state index is 9.78. The molecule has 0 aromatic rings. The van der Waals surface area contributed by atoms with Gasteiger partial charge in [-0.05, 0) is 25.3 Å². The van der Waals surface area contributed by atoms with Gasteiger partial charge in [-0.3, -0.25) is 0 Å². The second-order valence-electron chi connectivity index (χ2n) is 4.52. The second kappa shape index (κ2) is 8.01. The molecule has 4 heteroatoms. The van der Waals surface area contributed by atoms with Gasteiger partial charge >= 0.3 is 0 Å². The third-order valence-electron chi connectivity index (χ3n) is 2.87. The van der Waals surface area contributed by atoms with Crippen LogP contribution >= 0.6 is 0 Å². The van der Waals surface area contributed by atoms with Gasteiger partial charge in [0, 0.05) is 20.2 Å². The lowest BCUT2D eigenvalue weighted by Crippen LogP contribution is -2.36. The minimum absolute atomic E-state index is 0.379. The maximum Gasteiger partial charge on any atom is 0.0900 e. The molecule has 0 heterocycles. The molecule has 0 amide bonds. The largest absolute Gasteiger partial charge is 0.389 e. The van der Waals surface area contributed by atoms with E-state index in [0.29, 0.717) is 19.8 Å². The van der Waals surface area contributed by atoms with E-state index in [2.05, 4.69) is 11.8 Å². The number of rotatable bonds is 10. The van der Waals surface area contributed by atoms with Gasteiger partial charge < -0.3 is 19.5 Å². The Morgan fingerprint density at radius 2 is 2.12 bits per heavy atom. The first-order chi connectivity index (χ1) is 7.76. The zero-order valence-electron chi connectivity index (χ0n) is 10.5. The average molecular weight is 231 g/mol. The van der Waals surface area contributed by atoms with E-state index in [1.54, 1.807) is 7.11 Å². The lowest BCUT2D eigenvalue weighted by atomic mass is 10.3. The van der Waals surface area contributed by atoms with Crippen LogP contribution in [0.15, 0.2) is 0 Å². The van der Waals surface area contributed by atoms with Gasteiger partial charge in [-0.1, -0.05) is 6.92 Å². The van der Waals surface area contributed by atoms with Gasteiger partial charge in [-0.15, -0.1) is 0 Å². The molecule has 0 aromatic heterocycles. The number of hydrogen-bond donors (Lipinski definition) is 1. The fourth-order valence-electron chi connectivity index (χ4n) is 1.71. The second-order valence-corrected chi connectivity index (χ2v) is 4.52. The highest BCUT2D eigenvalue weighted by Gasteiger charge is 2.24. The van der Waals surface area contributed by atoms with Gasteiger partial charge in [0.25, 0.3) is 0 Å². The van der Waals surface area contributed by atoms with Gasteiger partial charge in [-0.2, -0.15) is 0 Å². The quantitative estimate of drug-likeness (QED) is 0.563. The molecule has 0 aliphatic heterocycles. The highest BCUT2D eigenvalue weighted by molar-refractivity contribution is 4.77. The Morgan fingerprint density at radius 1 is 1.38 bits per heavy atom. The monoisotopic (exact) mass is 231 g/mol. The van der Waals surface area contributed by atoms with Crippen LogP contribution in [0, 0.1) is 5.92 Å². The van der Waals surface area contributed by atoms with E-state index in [0.717, 1.165) is 25.6 Å². The van der Waals surface area contributed by atoms with Gasteiger partial charge in [0.15, 0.2) is 0 Å². The summed E-state index contributed by atoms with van der Waals surface area (Å²) < 4.78 is 10.2. The number of methoxy groups -OCH3 is 1. The number of nitrogens with zero attached hydrogens (tertiary/aromatic N) is 1. The number of likely N-dealkylation sites (N-methyl/N-ethyl adjacent to an activating group) is 1. The first-order valence-corrected chi connectivity index (χ1v) is 6.23. The fourth-order valence-corrected chi connectivity index (χ4v) is 1.71. The normalized spacial score (nSPS) is 18.0. The van der Waals surface area contributed by atoms with Crippen LogP contribution in [-0.2, 0) is 9.47 Å². The van der Waals surface area contributed by atoms with Crippen molar-refractivity contribution in [3.8, 4) is 0 Å². The summed E-state index contributed by atoms with van der Waals surface area (Å²) in [6.07, 6.45) is 2.34. The Kier molecular flexibility index (Phi) is 6.96. The van der Waals surface area contributed by atoms with Gasteiger partial charge in [0.2, 0.25) is 0 Å². The summed E-state index contributed by atoms with van der Waals surface area (Å²) in [5, 5.41) is 9.78. The van der Waals surface area contributed by atoms with Crippen LogP contribution in [0.25, 0.3) is 0 Å². The Bertz CT molecular complexity index is 174. The molecule has 0 spiro atoms. The molecule has 16 heavy (non-hydrogen) atoms. The first kappa shape index (κ1) is 13.9. The van der Waals surface area contributed by atoms with Crippen LogP contribution < -0.4 is 0 Å². The Labute approximate surface area is 98.5 Å². The summed E-state index contributed by atoms with van der Waals surface area (Å²) in [7, 11) is 1.65. The molecule has 0 saturated heterocycles. The molecule has 1 aliphatic carbocycles. The first-order valence-electron chi connectivity index (χ1n) is 6.23. The van der Waals surface area contributed by atoms with E-state index >= 15 is 0 Å². The summed E-state index contributed by atoms with van der Waals surface area (Å²) in [4.78, 5) is 2.31. The minimum atomic E-state index is -0.379. The standard InChI is InChI=1S/C12H25NO3/c1-3-13(8-11-4-5-11)9-12(14)10-16-7-6-15-2/h11-12,14H,3-10H2,1-2H3. The topological polar surface area (TPSA) is 41.9 Å². The molecule has 0 aromatic carbocycles. The van der Waals surface area contributed by atoms with Crippen molar-refractivity contribution in [1.82, 2.24) is 4.90 Å². The molecule has 1 fully saturated rings. The molecule has 1 rings (SSSR count). The van der Waals surface area contributed by atoms with E-state index in [1.807, 2.05) is 0 Å². The molecule has 1 N–H and O–H groups in total. The van der Waals surface area contributed by atoms with Crippen LogP contribution in [0.3, 0.4) is 0 Å². The molecule has 0 radical (unpaired) electrons. The van der Waals surface area contributed by atoms with Crippen LogP contribution in [0.4, 0.5) is 0 Å². The Morgan fingerprint density at radius 3 is 2.69 bits per heavy atom. The molecule has 96 valence electrons. The summed E-state index contributed by atoms with van der Waals surface area (Å²) >= 11 is 0. The van der Waals surface area contributed by atoms with Crippen LogP contribution in [0.2, 0.25) is 0 Å². The zero-order chi connectivity index (χ0) is 11.8. The molecule has 1 unspecified atom stereocenters. The molecule has 0 bridgehead atoms. The highest BCUT2D eigenvalue weighted by atomic mass is 16.5. The van der Waals surface area contributed by atoms with E-state index < -0.39 is 0 Å². The summed E-state index contributed by atoms with van der Waals surface area (Å²) in [5.74, 6) is 0.876. The number of ether oxygens (including phenoxy) is 2. The van der Waals surface area contributed by atoms with E-state index in [9.17, 15) is 5.11 Å². The highest BCUT2D eigenvalue weighted by Crippen LogP contribution is 2.29. The predicted octanol–water partition coefficient (Wildman–Crippen LogP) is 0.742. The van der Waals surface area contributed by atoms with Crippen molar-refractivity contribution in [3.63, 3.8) is 0 Å². The van der Waals surface area contributed by atoms with Crippen molar-refractivity contribution in [1.29, 1.82) is 0 Å². The predicted molar refractivity (Wildman–Crippen MR) is 63.5 cm³/mol. The van der Waals surface area contributed by atoms with Crippen molar-refractivity contribution < 1.29 is 14.6 Å².